The smallest absolute Gasteiger partial charge is 0.241 e. The maximum Gasteiger partial charge on any atom is 0.241 e. The van der Waals surface area contributed by atoms with Gasteiger partial charge in [-0.25, -0.2) is 8.42 Å². The quantitative estimate of drug-likeness (QED) is 0.762. The van der Waals surface area contributed by atoms with Crippen molar-refractivity contribution < 1.29 is 13.2 Å². The number of amides is 1. The Morgan fingerprint density at radius 2 is 1.61 bits per heavy atom. The van der Waals surface area contributed by atoms with Crippen LogP contribution in [0.5, 0.6) is 0 Å². The van der Waals surface area contributed by atoms with Crippen LogP contribution >= 0.6 is 0 Å². The number of aryl methyl sites for hydroxylation is 4. The van der Waals surface area contributed by atoms with Crippen LogP contribution in [0.4, 0.5) is 5.69 Å². The van der Waals surface area contributed by atoms with Crippen LogP contribution in [0.1, 0.15) is 47.2 Å². The Labute approximate surface area is 168 Å². The first-order chi connectivity index (χ1) is 13.0. The fourth-order valence-electron chi connectivity index (χ4n) is 3.27. The monoisotopic (exact) mass is 402 g/mol. The Bertz CT molecular complexity index is 947. The lowest BCUT2D eigenvalue weighted by Gasteiger charge is -2.25. The van der Waals surface area contributed by atoms with Gasteiger partial charge in [0.1, 0.15) is 6.54 Å². The molecule has 0 radical (unpaired) electrons. The first kappa shape index (κ1) is 22.0. The fraction of sp³-hybridized carbons (Fsp3) is 0.409. The van der Waals surface area contributed by atoms with Gasteiger partial charge in [0.05, 0.1) is 18.0 Å². The summed E-state index contributed by atoms with van der Waals surface area (Å²) in [5.41, 5.74) is 5.79. The molecule has 0 fully saturated rings. The predicted molar refractivity (Wildman–Crippen MR) is 115 cm³/mol. The summed E-state index contributed by atoms with van der Waals surface area (Å²) >= 11 is 0. The molecular formula is C22H30N2O3S. The van der Waals surface area contributed by atoms with E-state index in [2.05, 4.69) is 11.4 Å². The zero-order valence-corrected chi connectivity index (χ0v) is 18.4. The molecule has 0 aliphatic rings. The van der Waals surface area contributed by atoms with Crippen molar-refractivity contribution in [2.24, 2.45) is 0 Å². The molecule has 1 atom stereocenters. The van der Waals surface area contributed by atoms with E-state index in [-0.39, 0.29) is 18.5 Å². The number of sulfonamides is 1. The molecule has 2 rings (SSSR count). The highest BCUT2D eigenvalue weighted by atomic mass is 32.2. The second-order valence-electron chi connectivity index (χ2n) is 7.49. The Balaban J connectivity index is 2.24. The molecule has 0 saturated carbocycles. The van der Waals surface area contributed by atoms with Crippen LogP contribution in [0.3, 0.4) is 0 Å². The Morgan fingerprint density at radius 3 is 2.11 bits per heavy atom. The SMILES string of the molecule is CCC(NC(=O)CN(c1cc(C)cc(C)c1)S(C)(=O)=O)c1ccc(C)c(C)c1. The normalized spacial score (nSPS) is 12.5. The zero-order valence-electron chi connectivity index (χ0n) is 17.5. The van der Waals surface area contributed by atoms with Crippen molar-refractivity contribution in [3.8, 4) is 0 Å². The van der Waals surface area contributed by atoms with Gasteiger partial charge in [-0.3, -0.25) is 9.10 Å². The summed E-state index contributed by atoms with van der Waals surface area (Å²) in [6, 6.07) is 11.5. The first-order valence-corrected chi connectivity index (χ1v) is 11.3. The summed E-state index contributed by atoms with van der Waals surface area (Å²) in [4.78, 5) is 12.7. The van der Waals surface area contributed by atoms with Gasteiger partial charge in [0.15, 0.2) is 0 Å². The summed E-state index contributed by atoms with van der Waals surface area (Å²) < 4.78 is 25.8. The molecule has 6 heteroatoms. The minimum Gasteiger partial charge on any atom is -0.348 e. The van der Waals surface area contributed by atoms with Crippen LogP contribution in [0.25, 0.3) is 0 Å². The standard InChI is InChI=1S/C22H30N2O3S/c1-7-21(19-9-8-17(4)18(5)13-19)23-22(25)14-24(28(6,26)27)20-11-15(2)10-16(3)12-20/h8-13,21H,7,14H2,1-6H3,(H,23,25). The van der Waals surface area contributed by atoms with Crippen LogP contribution in [0, 0.1) is 27.7 Å². The van der Waals surface area contributed by atoms with Gasteiger partial charge in [-0.15, -0.1) is 0 Å². The van der Waals surface area contributed by atoms with E-state index in [1.807, 2.05) is 52.8 Å². The van der Waals surface area contributed by atoms with Gasteiger partial charge in [-0.2, -0.15) is 0 Å². The highest BCUT2D eigenvalue weighted by Gasteiger charge is 2.23. The number of benzene rings is 2. The Morgan fingerprint density at radius 1 is 1.00 bits per heavy atom. The topological polar surface area (TPSA) is 66.5 Å². The Kier molecular flexibility index (Phi) is 6.88. The molecule has 152 valence electrons. The molecule has 1 amide bonds. The highest BCUT2D eigenvalue weighted by molar-refractivity contribution is 7.92. The fourth-order valence-corrected chi connectivity index (χ4v) is 4.11. The van der Waals surface area contributed by atoms with E-state index in [1.165, 1.54) is 5.56 Å². The number of rotatable bonds is 7. The van der Waals surface area contributed by atoms with Crippen molar-refractivity contribution in [2.45, 2.75) is 47.1 Å². The molecule has 0 heterocycles. The van der Waals surface area contributed by atoms with Crippen LogP contribution in [0.2, 0.25) is 0 Å². The summed E-state index contributed by atoms with van der Waals surface area (Å²) in [6.45, 7) is 9.65. The molecule has 0 aliphatic carbocycles. The van der Waals surface area contributed by atoms with E-state index < -0.39 is 10.0 Å². The molecule has 0 aliphatic heterocycles. The molecule has 0 aromatic heterocycles. The minimum atomic E-state index is -3.59. The van der Waals surface area contributed by atoms with Crippen LogP contribution in [0.15, 0.2) is 36.4 Å². The van der Waals surface area contributed by atoms with Crippen molar-refractivity contribution in [3.05, 3.63) is 64.2 Å². The Hall–Kier alpha value is -2.34. The van der Waals surface area contributed by atoms with Gasteiger partial charge >= 0.3 is 0 Å². The lowest BCUT2D eigenvalue weighted by Crippen LogP contribution is -2.41. The molecule has 2 aromatic rings. The van der Waals surface area contributed by atoms with E-state index in [9.17, 15) is 13.2 Å². The van der Waals surface area contributed by atoms with Gasteiger partial charge in [0, 0.05) is 0 Å². The molecule has 0 bridgehead atoms. The van der Waals surface area contributed by atoms with E-state index in [4.69, 9.17) is 0 Å². The minimum absolute atomic E-state index is 0.160. The largest absolute Gasteiger partial charge is 0.348 e. The molecule has 0 spiro atoms. The third kappa shape index (κ3) is 5.58. The molecule has 1 N–H and O–H groups in total. The van der Waals surface area contributed by atoms with Crippen LogP contribution in [-0.2, 0) is 14.8 Å². The number of hydrogen-bond acceptors (Lipinski definition) is 3. The lowest BCUT2D eigenvalue weighted by molar-refractivity contribution is -0.120. The number of carbonyl (C=O) groups is 1. The number of nitrogens with zero attached hydrogens (tertiary/aromatic N) is 1. The summed E-state index contributed by atoms with van der Waals surface area (Å²) in [7, 11) is -3.59. The van der Waals surface area contributed by atoms with Gasteiger partial charge in [-0.1, -0.05) is 31.2 Å². The van der Waals surface area contributed by atoms with Crippen molar-refractivity contribution in [2.75, 3.05) is 17.1 Å². The van der Waals surface area contributed by atoms with Crippen molar-refractivity contribution >= 4 is 21.6 Å². The van der Waals surface area contributed by atoms with E-state index in [1.54, 1.807) is 12.1 Å². The average molecular weight is 403 g/mol. The second kappa shape index (κ2) is 8.78. The van der Waals surface area contributed by atoms with E-state index >= 15 is 0 Å². The number of nitrogens with one attached hydrogen (secondary N) is 1. The molecule has 5 nitrogen and oxygen atoms in total. The van der Waals surface area contributed by atoms with Crippen LogP contribution in [-0.4, -0.2) is 27.1 Å². The molecule has 0 saturated heterocycles. The lowest BCUT2D eigenvalue weighted by atomic mass is 9.99. The van der Waals surface area contributed by atoms with Gasteiger partial charge in [0.2, 0.25) is 15.9 Å². The predicted octanol–water partition coefficient (Wildman–Crippen LogP) is 3.95. The van der Waals surface area contributed by atoms with Crippen LogP contribution < -0.4 is 9.62 Å². The number of carbonyl (C=O) groups excluding carboxylic acids is 1. The maximum atomic E-state index is 12.7. The average Bonchev–Trinajstić information content (AvgIpc) is 2.58. The second-order valence-corrected chi connectivity index (χ2v) is 9.39. The maximum absolute atomic E-state index is 12.7. The highest BCUT2D eigenvalue weighted by Crippen LogP contribution is 2.23. The molecule has 28 heavy (non-hydrogen) atoms. The zero-order chi connectivity index (χ0) is 21.1. The van der Waals surface area contributed by atoms with Gasteiger partial charge in [0.25, 0.3) is 0 Å². The summed E-state index contributed by atoms with van der Waals surface area (Å²) in [5, 5.41) is 2.99. The summed E-state index contributed by atoms with van der Waals surface area (Å²) in [5.74, 6) is -0.324. The van der Waals surface area contributed by atoms with Crippen molar-refractivity contribution in [3.63, 3.8) is 0 Å². The van der Waals surface area contributed by atoms with E-state index in [0.717, 1.165) is 39.2 Å². The summed E-state index contributed by atoms with van der Waals surface area (Å²) in [6.07, 6.45) is 1.84. The first-order valence-electron chi connectivity index (χ1n) is 9.43. The van der Waals surface area contributed by atoms with Crippen molar-refractivity contribution in [1.29, 1.82) is 0 Å². The van der Waals surface area contributed by atoms with Crippen molar-refractivity contribution in [1.82, 2.24) is 5.32 Å². The molecule has 2 aromatic carbocycles. The third-order valence-corrected chi connectivity index (χ3v) is 6.00. The van der Waals surface area contributed by atoms with Gasteiger partial charge in [-0.05, 0) is 74.1 Å². The number of anilines is 1. The third-order valence-electron chi connectivity index (χ3n) is 4.86. The molecular weight excluding hydrogens is 372 g/mol. The van der Waals surface area contributed by atoms with Gasteiger partial charge < -0.3 is 5.32 Å². The van der Waals surface area contributed by atoms with E-state index in [0.29, 0.717) is 5.69 Å². The number of hydrogen-bond donors (Lipinski definition) is 1. The molecule has 1 unspecified atom stereocenters.